The minimum atomic E-state index is -0.369. The topological polar surface area (TPSA) is 64.9 Å². The van der Waals surface area contributed by atoms with Crippen LogP contribution in [0.2, 0.25) is 0 Å². The lowest BCUT2D eigenvalue weighted by atomic mass is 10.2. The van der Waals surface area contributed by atoms with E-state index in [2.05, 4.69) is 26.1 Å². The standard InChI is InChI=1S/C14H9BrFN3O/c15-12-5-4-9(16)7-11(12)14-18-13(19-20-14)8-2-1-3-10(17)6-8/h1-7H,17H2. The van der Waals surface area contributed by atoms with E-state index in [1.54, 1.807) is 24.3 Å². The molecule has 0 radical (unpaired) electrons. The van der Waals surface area contributed by atoms with E-state index in [1.165, 1.54) is 12.1 Å². The number of aromatic nitrogens is 2. The van der Waals surface area contributed by atoms with Crippen LogP contribution in [0.3, 0.4) is 0 Å². The van der Waals surface area contributed by atoms with Crippen LogP contribution >= 0.6 is 15.9 Å². The van der Waals surface area contributed by atoms with Crippen molar-refractivity contribution in [3.8, 4) is 22.8 Å². The molecule has 100 valence electrons. The minimum absolute atomic E-state index is 0.244. The maximum atomic E-state index is 13.3. The lowest BCUT2D eigenvalue weighted by Gasteiger charge is -1.98. The summed E-state index contributed by atoms with van der Waals surface area (Å²) in [5.74, 6) is 0.282. The quantitative estimate of drug-likeness (QED) is 0.722. The predicted octanol–water partition coefficient (Wildman–Crippen LogP) is 3.89. The molecule has 3 aromatic rings. The molecule has 1 heterocycles. The van der Waals surface area contributed by atoms with E-state index in [1.807, 2.05) is 6.07 Å². The van der Waals surface area contributed by atoms with Crippen molar-refractivity contribution in [3.05, 3.63) is 52.8 Å². The number of hydrogen-bond donors (Lipinski definition) is 1. The molecule has 0 unspecified atom stereocenters. The van der Waals surface area contributed by atoms with Gasteiger partial charge >= 0.3 is 0 Å². The van der Waals surface area contributed by atoms with E-state index in [4.69, 9.17) is 10.3 Å². The fourth-order valence-electron chi connectivity index (χ4n) is 1.79. The molecule has 2 N–H and O–H groups in total. The van der Waals surface area contributed by atoms with Gasteiger partial charge in [-0.05, 0) is 46.3 Å². The van der Waals surface area contributed by atoms with Gasteiger partial charge in [0.1, 0.15) is 5.82 Å². The molecule has 2 aromatic carbocycles. The molecule has 0 spiro atoms. The van der Waals surface area contributed by atoms with Crippen LogP contribution in [0.5, 0.6) is 0 Å². The molecule has 4 nitrogen and oxygen atoms in total. The molecule has 0 bridgehead atoms. The van der Waals surface area contributed by atoms with Gasteiger partial charge in [0.25, 0.3) is 5.89 Å². The van der Waals surface area contributed by atoms with Crippen LogP contribution in [0.25, 0.3) is 22.8 Å². The van der Waals surface area contributed by atoms with E-state index < -0.39 is 0 Å². The van der Waals surface area contributed by atoms with Crippen LogP contribution < -0.4 is 5.73 Å². The van der Waals surface area contributed by atoms with Gasteiger partial charge in [0, 0.05) is 15.7 Å². The Balaban J connectivity index is 2.04. The summed E-state index contributed by atoms with van der Waals surface area (Å²) in [6, 6.07) is 11.4. The molecular weight excluding hydrogens is 325 g/mol. The average Bonchev–Trinajstić information content (AvgIpc) is 2.91. The normalized spacial score (nSPS) is 10.7. The van der Waals surface area contributed by atoms with Crippen molar-refractivity contribution in [2.75, 3.05) is 5.73 Å². The monoisotopic (exact) mass is 333 g/mol. The van der Waals surface area contributed by atoms with Gasteiger partial charge in [0.2, 0.25) is 5.82 Å². The third-order valence-corrected chi connectivity index (χ3v) is 3.42. The average molecular weight is 334 g/mol. The SMILES string of the molecule is Nc1cccc(-c2noc(-c3cc(F)ccc3Br)n2)c1. The van der Waals surface area contributed by atoms with Crippen LogP contribution in [-0.4, -0.2) is 10.1 Å². The molecule has 0 saturated carbocycles. The zero-order valence-corrected chi connectivity index (χ0v) is 11.8. The highest BCUT2D eigenvalue weighted by Gasteiger charge is 2.14. The van der Waals surface area contributed by atoms with Gasteiger partial charge in [-0.1, -0.05) is 17.3 Å². The van der Waals surface area contributed by atoms with E-state index in [-0.39, 0.29) is 11.7 Å². The Kier molecular flexibility index (Phi) is 3.23. The molecule has 0 saturated heterocycles. The molecule has 20 heavy (non-hydrogen) atoms. The Hall–Kier alpha value is -2.21. The lowest BCUT2D eigenvalue weighted by molar-refractivity contribution is 0.432. The van der Waals surface area contributed by atoms with Crippen molar-refractivity contribution in [3.63, 3.8) is 0 Å². The minimum Gasteiger partial charge on any atom is -0.399 e. The van der Waals surface area contributed by atoms with Gasteiger partial charge in [-0.15, -0.1) is 0 Å². The van der Waals surface area contributed by atoms with Crippen LogP contribution in [0.4, 0.5) is 10.1 Å². The number of rotatable bonds is 2. The Morgan fingerprint density at radius 3 is 2.80 bits per heavy atom. The maximum Gasteiger partial charge on any atom is 0.259 e. The van der Waals surface area contributed by atoms with Crippen molar-refractivity contribution in [1.82, 2.24) is 10.1 Å². The van der Waals surface area contributed by atoms with Gasteiger partial charge in [-0.25, -0.2) is 4.39 Å². The van der Waals surface area contributed by atoms with Crippen LogP contribution in [0.15, 0.2) is 51.5 Å². The van der Waals surface area contributed by atoms with E-state index in [0.29, 0.717) is 21.5 Å². The fourth-order valence-corrected chi connectivity index (χ4v) is 2.21. The fraction of sp³-hybridized carbons (Fsp3) is 0. The van der Waals surface area contributed by atoms with Crippen molar-refractivity contribution in [2.45, 2.75) is 0 Å². The molecule has 0 amide bonds. The second kappa shape index (κ2) is 5.05. The van der Waals surface area contributed by atoms with Crippen LogP contribution in [0, 0.1) is 5.82 Å². The van der Waals surface area contributed by atoms with Crippen molar-refractivity contribution >= 4 is 21.6 Å². The highest BCUT2D eigenvalue weighted by Crippen LogP contribution is 2.29. The lowest BCUT2D eigenvalue weighted by Crippen LogP contribution is -1.87. The first-order valence-corrected chi connectivity index (χ1v) is 6.58. The van der Waals surface area contributed by atoms with Gasteiger partial charge in [-0.3, -0.25) is 0 Å². The zero-order chi connectivity index (χ0) is 14.1. The number of hydrogen-bond acceptors (Lipinski definition) is 4. The molecule has 0 aliphatic carbocycles. The molecule has 3 rings (SSSR count). The summed E-state index contributed by atoms with van der Waals surface area (Å²) in [6.07, 6.45) is 0. The zero-order valence-electron chi connectivity index (χ0n) is 10.2. The maximum absolute atomic E-state index is 13.3. The summed E-state index contributed by atoms with van der Waals surface area (Å²) in [4.78, 5) is 4.26. The first-order valence-electron chi connectivity index (χ1n) is 5.78. The number of nitrogen functional groups attached to an aromatic ring is 1. The molecule has 0 fully saturated rings. The second-order valence-corrected chi connectivity index (χ2v) is 5.03. The first kappa shape index (κ1) is 12.8. The predicted molar refractivity (Wildman–Crippen MR) is 77.2 cm³/mol. The number of anilines is 1. The highest BCUT2D eigenvalue weighted by atomic mass is 79.9. The molecular formula is C14H9BrFN3O. The van der Waals surface area contributed by atoms with Gasteiger partial charge in [0.15, 0.2) is 0 Å². The number of halogens is 2. The van der Waals surface area contributed by atoms with Crippen molar-refractivity contribution in [1.29, 1.82) is 0 Å². The molecule has 0 aliphatic heterocycles. The smallest absolute Gasteiger partial charge is 0.259 e. The largest absolute Gasteiger partial charge is 0.399 e. The summed E-state index contributed by atoms with van der Waals surface area (Å²) in [5, 5.41) is 3.89. The third-order valence-electron chi connectivity index (χ3n) is 2.73. The highest BCUT2D eigenvalue weighted by molar-refractivity contribution is 9.10. The first-order chi connectivity index (χ1) is 9.63. The van der Waals surface area contributed by atoms with Crippen LogP contribution in [-0.2, 0) is 0 Å². The Bertz CT molecular complexity index is 773. The molecule has 1 aromatic heterocycles. The van der Waals surface area contributed by atoms with Crippen molar-refractivity contribution in [2.24, 2.45) is 0 Å². The summed E-state index contributed by atoms with van der Waals surface area (Å²) < 4.78 is 19.2. The Labute approximate surface area is 122 Å². The van der Waals surface area contributed by atoms with Gasteiger partial charge < -0.3 is 10.3 Å². The molecule has 0 aliphatic rings. The molecule has 6 heteroatoms. The van der Waals surface area contributed by atoms with E-state index >= 15 is 0 Å². The number of nitrogens with two attached hydrogens (primary N) is 1. The van der Waals surface area contributed by atoms with Crippen LogP contribution in [0.1, 0.15) is 0 Å². The van der Waals surface area contributed by atoms with Gasteiger partial charge in [-0.2, -0.15) is 4.98 Å². The van der Waals surface area contributed by atoms with E-state index in [9.17, 15) is 4.39 Å². The second-order valence-electron chi connectivity index (χ2n) is 4.17. The third kappa shape index (κ3) is 2.42. The van der Waals surface area contributed by atoms with E-state index in [0.717, 1.165) is 5.56 Å². The van der Waals surface area contributed by atoms with Gasteiger partial charge in [0.05, 0.1) is 5.56 Å². The Morgan fingerprint density at radius 2 is 2.00 bits per heavy atom. The summed E-state index contributed by atoms with van der Waals surface area (Å²) in [7, 11) is 0. The summed E-state index contributed by atoms with van der Waals surface area (Å²) in [5.41, 5.74) is 7.58. The Morgan fingerprint density at radius 1 is 1.15 bits per heavy atom. The number of benzene rings is 2. The van der Waals surface area contributed by atoms with Crippen molar-refractivity contribution < 1.29 is 8.91 Å². The number of nitrogens with zero attached hydrogens (tertiary/aromatic N) is 2. The molecule has 0 atom stereocenters. The summed E-state index contributed by atoms with van der Waals surface area (Å²) in [6.45, 7) is 0. The summed E-state index contributed by atoms with van der Waals surface area (Å²) >= 11 is 3.33.